The van der Waals surface area contributed by atoms with E-state index in [1.54, 1.807) is 29.2 Å². The Morgan fingerprint density at radius 3 is 2.75 bits per heavy atom. The first-order chi connectivity index (χ1) is 13.4. The molecule has 7 nitrogen and oxygen atoms in total. The van der Waals surface area contributed by atoms with Crippen molar-refractivity contribution >= 4 is 18.3 Å². The number of cyclic esters (lactones) is 1. The Kier molecular flexibility index (Phi) is 4.45. The zero-order chi connectivity index (χ0) is 20.1. The minimum atomic E-state index is -0.489. The second-order valence-corrected chi connectivity index (χ2v) is 8.63. The average molecular weight is 385 g/mol. The van der Waals surface area contributed by atoms with E-state index in [1.807, 2.05) is 5.01 Å². The number of hydrazine groups is 1. The van der Waals surface area contributed by atoms with Crippen LogP contribution in [0.3, 0.4) is 0 Å². The zero-order valence-corrected chi connectivity index (χ0v) is 16.6. The Hall–Kier alpha value is -2.41. The molecule has 0 bridgehead atoms. The van der Waals surface area contributed by atoms with Crippen LogP contribution in [-0.2, 0) is 4.74 Å². The van der Waals surface area contributed by atoms with Crippen molar-refractivity contribution in [1.29, 1.82) is 0 Å². The van der Waals surface area contributed by atoms with E-state index in [2.05, 4.69) is 26.2 Å². The number of ether oxygens (including phenoxy) is 1. The van der Waals surface area contributed by atoms with Gasteiger partial charge < -0.3 is 4.74 Å². The maximum Gasteiger partial charge on any atom is 0.411 e. The van der Waals surface area contributed by atoms with Crippen LogP contribution in [0.25, 0.3) is 0 Å². The van der Waals surface area contributed by atoms with E-state index in [9.17, 15) is 14.4 Å². The highest BCUT2D eigenvalue weighted by atomic mass is 16.6. The van der Waals surface area contributed by atoms with Crippen LogP contribution in [0.1, 0.15) is 67.2 Å². The fourth-order valence-electron chi connectivity index (χ4n) is 4.89. The number of nitrogens with one attached hydrogen (secondary N) is 1. The molecule has 0 radical (unpaired) electrons. The van der Waals surface area contributed by atoms with Crippen molar-refractivity contribution in [3.8, 4) is 0 Å². The van der Waals surface area contributed by atoms with Crippen molar-refractivity contribution in [2.24, 2.45) is 5.41 Å². The second-order valence-electron chi connectivity index (χ2n) is 8.63. The maximum absolute atomic E-state index is 12.9. The van der Waals surface area contributed by atoms with E-state index >= 15 is 0 Å². The molecule has 1 aromatic rings. The zero-order valence-electron chi connectivity index (χ0n) is 16.6. The minimum absolute atomic E-state index is 0.0227. The Morgan fingerprint density at radius 2 is 2.07 bits per heavy atom. The lowest BCUT2D eigenvalue weighted by Crippen LogP contribution is -2.37. The van der Waals surface area contributed by atoms with Gasteiger partial charge in [-0.25, -0.2) is 4.79 Å². The van der Waals surface area contributed by atoms with E-state index < -0.39 is 5.66 Å². The minimum Gasteiger partial charge on any atom is -0.449 e. The first kappa shape index (κ1) is 18.9. The summed E-state index contributed by atoms with van der Waals surface area (Å²) in [6.07, 6.45) is 4.54. The number of rotatable bonds is 7. The number of hydrogen-bond acceptors (Lipinski definition) is 5. The quantitative estimate of drug-likeness (QED) is 0.444. The lowest BCUT2D eigenvalue weighted by atomic mass is 9.86. The number of carbonyl (C=O) groups is 3. The first-order valence-corrected chi connectivity index (χ1v) is 10.00. The molecule has 1 spiro atoms. The van der Waals surface area contributed by atoms with Gasteiger partial charge in [-0.1, -0.05) is 58.2 Å². The molecule has 3 heterocycles. The van der Waals surface area contributed by atoms with Crippen molar-refractivity contribution in [2.45, 2.75) is 64.2 Å². The molecule has 4 atom stereocenters. The van der Waals surface area contributed by atoms with Gasteiger partial charge in [0.2, 0.25) is 0 Å². The molecule has 4 rings (SSSR count). The molecule has 2 unspecified atom stereocenters. The van der Waals surface area contributed by atoms with Crippen LogP contribution < -0.4 is 5.43 Å². The third-order valence-corrected chi connectivity index (χ3v) is 6.24. The Morgan fingerprint density at radius 1 is 1.32 bits per heavy atom. The van der Waals surface area contributed by atoms with Gasteiger partial charge >= 0.3 is 6.09 Å². The molecule has 1 N–H and O–H groups in total. The van der Waals surface area contributed by atoms with Gasteiger partial charge in [0, 0.05) is 11.0 Å². The Balaban J connectivity index is 1.57. The first-order valence-electron chi connectivity index (χ1n) is 10.00. The largest absolute Gasteiger partial charge is 0.449 e. The van der Waals surface area contributed by atoms with Crippen LogP contribution in [0.15, 0.2) is 24.3 Å². The number of aldehydes is 1. The third kappa shape index (κ3) is 2.64. The van der Waals surface area contributed by atoms with E-state index in [4.69, 9.17) is 4.74 Å². The number of unbranched alkanes of at least 4 members (excludes halogenated alkanes) is 2. The summed E-state index contributed by atoms with van der Waals surface area (Å²) in [6, 6.07) is 6.82. The molecule has 2 amide bonds. The molecule has 28 heavy (non-hydrogen) atoms. The van der Waals surface area contributed by atoms with E-state index in [0.717, 1.165) is 25.7 Å². The lowest BCUT2D eigenvalue weighted by molar-refractivity contribution is 0.0493. The lowest BCUT2D eigenvalue weighted by Gasteiger charge is -2.27. The van der Waals surface area contributed by atoms with Gasteiger partial charge in [-0.3, -0.25) is 19.9 Å². The number of benzene rings is 1. The van der Waals surface area contributed by atoms with Gasteiger partial charge in [-0.05, 0) is 12.5 Å². The van der Waals surface area contributed by atoms with E-state index in [-0.39, 0.29) is 29.5 Å². The highest BCUT2D eigenvalue weighted by Gasteiger charge is 2.89. The van der Waals surface area contributed by atoms with Gasteiger partial charge in [0.05, 0.1) is 17.6 Å². The van der Waals surface area contributed by atoms with Gasteiger partial charge in [-0.2, -0.15) is 5.01 Å². The van der Waals surface area contributed by atoms with Gasteiger partial charge in [0.25, 0.3) is 5.91 Å². The molecular formula is C21H27N3O4. The maximum atomic E-state index is 12.9. The summed E-state index contributed by atoms with van der Waals surface area (Å²) in [7, 11) is 0. The molecule has 150 valence electrons. The van der Waals surface area contributed by atoms with Crippen LogP contribution >= 0.6 is 0 Å². The molecule has 3 saturated heterocycles. The Bertz CT molecular complexity index is 824. The number of amides is 2. The molecular weight excluding hydrogens is 358 g/mol. The van der Waals surface area contributed by atoms with Crippen LogP contribution in [-0.4, -0.2) is 52.5 Å². The van der Waals surface area contributed by atoms with Crippen molar-refractivity contribution in [2.75, 3.05) is 6.61 Å². The highest BCUT2D eigenvalue weighted by Crippen LogP contribution is 2.67. The van der Waals surface area contributed by atoms with Crippen LogP contribution in [0, 0.1) is 5.41 Å². The predicted molar refractivity (Wildman–Crippen MR) is 103 cm³/mol. The summed E-state index contributed by atoms with van der Waals surface area (Å²) in [5.41, 5.74) is 3.00. The van der Waals surface area contributed by atoms with Gasteiger partial charge in [-0.15, -0.1) is 0 Å². The predicted octanol–water partition coefficient (Wildman–Crippen LogP) is 2.97. The molecule has 0 aliphatic carbocycles. The van der Waals surface area contributed by atoms with Crippen LogP contribution in [0.5, 0.6) is 0 Å². The number of fused-ring (bicyclic) bond motifs is 3. The standard InChI is InChI=1S/C21H27N3O4/c1-4-5-6-11-16-21(18-20(2,3)13-28-19(27)23(18)21)24(16)22-17(26)15-10-8-7-9-14(15)12-25/h7-10,12,16,18H,4-6,11,13H2,1-3H3,(H,22,26)/t16?,18-,21-,23?,24?/m1/s1. The second kappa shape index (κ2) is 6.58. The molecule has 0 saturated carbocycles. The number of carbonyl (C=O) groups excluding carboxylic acids is 3. The summed E-state index contributed by atoms with van der Waals surface area (Å²) in [4.78, 5) is 38.3. The Labute approximate surface area is 165 Å². The molecule has 3 aliphatic heterocycles. The van der Waals surface area contributed by atoms with Gasteiger partial charge in [0.15, 0.2) is 11.9 Å². The van der Waals surface area contributed by atoms with Crippen molar-refractivity contribution in [3.05, 3.63) is 35.4 Å². The van der Waals surface area contributed by atoms with Crippen LogP contribution in [0.4, 0.5) is 4.79 Å². The van der Waals surface area contributed by atoms with Crippen molar-refractivity contribution in [3.63, 3.8) is 0 Å². The van der Waals surface area contributed by atoms with Gasteiger partial charge in [0.1, 0.15) is 6.61 Å². The van der Waals surface area contributed by atoms with Crippen LogP contribution in [0.2, 0.25) is 0 Å². The summed E-state index contributed by atoms with van der Waals surface area (Å²) < 4.78 is 5.37. The molecule has 7 heteroatoms. The third-order valence-electron chi connectivity index (χ3n) is 6.24. The number of hydrogen-bond donors (Lipinski definition) is 1. The summed E-state index contributed by atoms with van der Waals surface area (Å²) in [6.45, 7) is 6.72. The topological polar surface area (TPSA) is 78.5 Å². The molecule has 3 aliphatic rings. The smallest absolute Gasteiger partial charge is 0.411 e. The fourth-order valence-corrected chi connectivity index (χ4v) is 4.89. The highest BCUT2D eigenvalue weighted by molar-refractivity contribution is 6.01. The van der Waals surface area contributed by atoms with Crippen molar-refractivity contribution in [1.82, 2.24) is 15.3 Å². The fraction of sp³-hybridized carbons (Fsp3) is 0.571. The molecule has 0 aromatic heterocycles. The summed E-state index contributed by atoms with van der Waals surface area (Å²) in [5, 5.41) is 1.91. The average Bonchev–Trinajstić information content (AvgIpc) is 3.55. The normalized spacial score (nSPS) is 31.8. The SMILES string of the molecule is CCCCCC1N(NC(=O)c2ccccc2C=O)[C@@]12[C@@H]1N2C(=O)OCC1(C)C. The van der Waals surface area contributed by atoms with E-state index in [0.29, 0.717) is 24.0 Å². The van der Waals surface area contributed by atoms with Crippen molar-refractivity contribution < 1.29 is 19.1 Å². The summed E-state index contributed by atoms with van der Waals surface area (Å²) in [5.74, 6) is -0.323. The molecule has 3 fully saturated rings. The summed E-state index contributed by atoms with van der Waals surface area (Å²) >= 11 is 0. The van der Waals surface area contributed by atoms with E-state index in [1.165, 1.54) is 0 Å². The molecule has 1 aromatic carbocycles. The monoisotopic (exact) mass is 385 g/mol. The number of nitrogens with zero attached hydrogens (tertiary/aromatic N) is 2.